The van der Waals surface area contributed by atoms with Crippen LogP contribution >= 0.6 is 0 Å². The Morgan fingerprint density at radius 3 is 2.39 bits per heavy atom. The number of hydrogen-bond acceptors (Lipinski definition) is 3. The Morgan fingerprint density at radius 2 is 1.83 bits per heavy atom. The number of rotatable bonds is 8. The number of carbonyl (C=O) groups excluding carboxylic acids is 1. The second kappa shape index (κ2) is 8.28. The molecule has 0 aromatic rings. The van der Waals surface area contributed by atoms with E-state index in [0.717, 1.165) is 19.4 Å². The number of likely N-dealkylation sites (tertiary alicyclic amines) is 1. The fourth-order valence-electron chi connectivity index (χ4n) is 2.55. The van der Waals surface area contributed by atoms with Gasteiger partial charge in [0.05, 0.1) is 12.6 Å². The third kappa shape index (κ3) is 6.26. The van der Waals surface area contributed by atoms with Crippen LogP contribution in [0.15, 0.2) is 0 Å². The molecule has 23 heavy (non-hydrogen) atoms. The molecular formula is C17H33NO4Si. The average Bonchev–Trinajstić information content (AvgIpc) is 2.88. The lowest BCUT2D eigenvalue weighted by Gasteiger charge is -2.38. The third-order valence-electron chi connectivity index (χ3n) is 5.17. The zero-order chi connectivity index (χ0) is 17.7. The highest BCUT2D eigenvalue weighted by Gasteiger charge is 2.39. The van der Waals surface area contributed by atoms with Gasteiger partial charge < -0.3 is 14.4 Å². The summed E-state index contributed by atoms with van der Waals surface area (Å²) in [5, 5.41) is 8.81. The van der Waals surface area contributed by atoms with Crippen LogP contribution in [-0.4, -0.2) is 49.4 Å². The van der Waals surface area contributed by atoms with Crippen molar-refractivity contribution in [2.24, 2.45) is 0 Å². The first-order valence-electron chi connectivity index (χ1n) is 8.70. The van der Waals surface area contributed by atoms with E-state index >= 15 is 0 Å². The number of amides is 1. The van der Waals surface area contributed by atoms with Crippen LogP contribution in [0.4, 0.5) is 0 Å². The topological polar surface area (TPSA) is 66.8 Å². The number of nitrogens with zero attached hydrogens (tertiary/aromatic N) is 1. The van der Waals surface area contributed by atoms with Gasteiger partial charge in [-0.2, -0.15) is 0 Å². The Bertz CT molecular complexity index is 417. The monoisotopic (exact) mass is 343 g/mol. The predicted molar refractivity (Wildman–Crippen MR) is 94.0 cm³/mol. The van der Waals surface area contributed by atoms with Gasteiger partial charge in [-0.25, -0.2) is 0 Å². The van der Waals surface area contributed by atoms with Gasteiger partial charge in [-0.05, 0) is 43.8 Å². The molecule has 1 N–H and O–H groups in total. The standard InChI is InChI=1S/C17H33NO4Si/c1-17(2,3)23(4,5)22-13-14-9-8-12-18(14)15(19)10-6-7-11-16(20)21/h14H,6-13H2,1-5H3,(H,20,21). The van der Waals surface area contributed by atoms with E-state index in [1.54, 1.807) is 0 Å². The number of carboxylic acid groups (broad SMARTS) is 1. The van der Waals surface area contributed by atoms with Gasteiger partial charge in [0.2, 0.25) is 5.91 Å². The first-order chi connectivity index (χ1) is 10.5. The molecule has 5 nitrogen and oxygen atoms in total. The van der Waals surface area contributed by atoms with Gasteiger partial charge in [0.25, 0.3) is 0 Å². The van der Waals surface area contributed by atoms with Crippen LogP contribution in [0.5, 0.6) is 0 Å². The van der Waals surface area contributed by atoms with E-state index in [-0.39, 0.29) is 23.4 Å². The first-order valence-corrected chi connectivity index (χ1v) is 11.6. The Labute approximate surface area is 141 Å². The summed E-state index contributed by atoms with van der Waals surface area (Å²) in [5.74, 6) is -0.643. The van der Waals surface area contributed by atoms with Crippen LogP contribution in [0.25, 0.3) is 0 Å². The van der Waals surface area contributed by atoms with Crippen LogP contribution in [-0.2, 0) is 14.0 Å². The molecule has 0 aromatic carbocycles. The molecule has 134 valence electrons. The highest BCUT2D eigenvalue weighted by molar-refractivity contribution is 6.74. The molecule has 0 aromatic heterocycles. The molecule has 1 amide bonds. The highest BCUT2D eigenvalue weighted by atomic mass is 28.4. The quantitative estimate of drug-likeness (QED) is 0.540. The molecule has 1 aliphatic heterocycles. The number of carboxylic acids is 1. The van der Waals surface area contributed by atoms with Crippen molar-refractivity contribution >= 4 is 20.2 Å². The summed E-state index contributed by atoms with van der Waals surface area (Å²) >= 11 is 0. The zero-order valence-electron chi connectivity index (χ0n) is 15.4. The Hall–Kier alpha value is -0.883. The predicted octanol–water partition coefficient (Wildman–Crippen LogP) is 3.64. The van der Waals surface area contributed by atoms with E-state index in [9.17, 15) is 9.59 Å². The summed E-state index contributed by atoms with van der Waals surface area (Å²) in [6.07, 6.45) is 3.86. The summed E-state index contributed by atoms with van der Waals surface area (Å²) in [4.78, 5) is 24.8. The van der Waals surface area contributed by atoms with Crippen molar-refractivity contribution in [1.82, 2.24) is 4.90 Å². The summed E-state index contributed by atoms with van der Waals surface area (Å²) in [7, 11) is -1.78. The van der Waals surface area contributed by atoms with Gasteiger partial charge in [-0.15, -0.1) is 0 Å². The number of carbonyl (C=O) groups is 2. The number of hydrogen-bond donors (Lipinski definition) is 1. The van der Waals surface area contributed by atoms with E-state index in [1.807, 2.05) is 4.90 Å². The molecule has 0 saturated carbocycles. The second-order valence-corrected chi connectivity index (χ2v) is 12.9. The summed E-state index contributed by atoms with van der Waals surface area (Å²) in [5.41, 5.74) is 0. The minimum Gasteiger partial charge on any atom is -0.481 e. The molecule has 0 aliphatic carbocycles. The molecule has 0 bridgehead atoms. The number of aliphatic carboxylic acids is 1. The Kier molecular flexibility index (Phi) is 7.26. The van der Waals surface area contributed by atoms with E-state index in [0.29, 0.717) is 25.9 Å². The molecule has 0 radical (unpaired) electrons. The van der Waals surface area contributed by atoms with E-state index in [4.69, 9.17) is 9.53 Å². The maximum absolute atomic E-state index is 12.4. The molecule has 1 aliphatic rings. The molecular weight excluding hydrogens is 310 g/mol. The van der Waals surface area contributed by atoms with Crippen molar-refractivity contribution in [3.8, 4) is 0 Å². The lowest BCUT2D eigenvalue weighted by molar-refractivity contribution is -0.137. The molecule has 1 unspecified atom stereocenters. The van der Waals surface area contributed by atoms with Crippen molar-refractivity contribution in [3.63, 3.8) is 0 Å². The summed E-state index contributed by atoms with van der Waals surface area (Å²) in [6.45, 7) is 12.6. The molecule has 1 fully saturated rings. The lowest BCUT2D eigenvalue weighted by Crippen LogP contribution is -2.45. The average molecular weight is 344 g/mol. The fourth-order valence-corrected chi connectivity index (χ4v) is 3.60. The van der Waals surface area contributed by atoms with Crippen molar-refractivity contribution in [1.29, 1.82) is 0 Å². The molecule has 1 atom stereocenters. The van der Waals surface area contributed by atoms with Gasteiger partial charge in [-0.1, -0.05) is 20.8 Å². The van der Waals surface area contributed by atoms with Gasteiger partial charge in [-0.3, -0.25) is 9.59 Å². The van der Waals surface area contributed by atoms with Gasteiger partial charge in [0.1, 0.15) is 0 Å². The Morgan fingerprint density at radius 1 is 1.22 bits per heavy atom. The molecule has 6 heteroatoms. The minimum absolute atomic E-state index is 0.144. The molecule has 1 heterocycles. The van der Waals surface area contributed by atoms with Crippen LogP contribution < -0.4 is 0 Å². The fraction of sp³-hybridized carbons (Fsp3) is 0.882. The normalized spacial score (nSPS) is 19.2. The van der Waals surface area contributed by atoms with Crippen LogP contribution in [0.2, 0.25) is 18.1 Å². The third-order valence-corrected chi connectivity index (χ3v) is 9.67. The first kappa shape index (κ1) is 20.2. The van der Waals surface area contributed by atoms with Crippen molar-refractivity contribution in [2.75, 3.05) is 13.2 Å². The van der Waals surface area contributed by atoms with Crippen molar-refractivity contribution < 1.29 is 19.1 Å². The van der Waals surface area contributed by atoms with Gasteiger partial charge in [0.15, 0.2) is 8.32 Å². The summed E-state index contributed by atoms with van der Waals surface area (Å²) in [6, 6.07) is 0.191. The molecule has 0 spiro atoms. The van der Waals surface area contributed by atoms with Crippen LogP contribution in [0.1, 0.15) is 59.3 Å². The highest BCUT2D eigenvalue weighted by Crippen LogP contribution is 2.37. The van der Waals surface area contributed by atoms with E-state index < -0.39 is 14.3 Å². The van der Waals surface area contributed by atoms with Crippen LogP contribution in [0.3, 0.4) is 0 Å². The van der Waals surface area contributed by atoms with E-state index in [1.165, 1.54) is 0 Å². The minimum atomic E-state index is -1.78. The van der Waals surface area contributed by atoms with Gasteiger partial charge >= 0.3 is 5.97 Å². The smallest absolute Gasteiger partial charge is 0.303 e. The maximum atomic E-state index is 12.4. The van der Waals surface area contributed by atoms with Gasteiger partial charge in [0, 0.05) is 19.4 Å². The molecule has 1 saturated heterocycles. The maximum Gasteiger partial charge on any atom is 0.303 e. The molecule has 1 rings (SSSR count). The largest absolute Gasteiger partial charge is 0.481 e. The second-order valence-electron chi connectivity index (χ2n) is 8.06. The lowest BCUT2D eigenvalue weighted by atomic mass is 10.1. The zero-order valence-corrected chi connectivity index (χ0v) is 16.4. The van der Waals surface area contributed by atoms with E-state index in [2.05, 4.69) is 33.9 Å². The SMILES string of the molecule is CC(C)(C)[Si](C)(C)OCC1CCCN1C(=O)CCCCC(=O)O. The van der Waals surface area contributed by atoms with Crippen molar-refractivity contribution in [3.05, 3.63) is 0 Å². The summed E-state index contributed by atoms with van der Waals surface area (Å²) < 4.78 is 6.28. The van der Waals surface area contributed by atoms with Crippen molar-refractivity contribution in [2.45, 2.75) is 83.5 Å². The number of unbranched alkanes of at least 4 members (excludes halogenated alkanes) is 1. The van der Waals surface area contributed by atoms with Crippen LogP contribution in [0, 0.1) is 0 Å². The Balaban J connectivity index is 2.44.